The lowest BCUT2D eigenvalue weighted by molar-refractivity contribution is 0.626. The number of hydrogen-bond donors (Lipinski definition) is 1. The second-order valence-electron chi connectivity index (χ2n) is 4.76. The molecule has 0 aromatic heterocycles. The molecule has 1 nitrogen and oxygen atoms in total. The Kier molecular flexibility index (Phi) is 4.69. The van der Waals surface area contributed by atoms with Gasteiger partial charge in [0.25, 0.3) is 0 Å². The van der Waals surface area contributed by atoms with Gasteiger partial charge in [-0.1, -0.05) is 23.2 Å². The van der Waals surface area contributed by atoms with E-state index >= 15 is 0 Å². The Hall–Kier alpha value is -0.420. The van der Waals surface area contributed by atoms with E-state index in [2.05, 4.69) is 21.2 Å². The minimum atomic E-state index is -0.361. The molecule has 6 heteroatoms. The van der Waals surface area contributed by atoms with Crippen LogP contribution in [0.4, 0.5) is 10.1 Å². The van der Waals surface area contributed by atoms with E-state index in [4.69, 9.17) is 23.2 Å². The van der Waals surface area contributed by atoms with Gasteiger partial charge in [-0.2, -0.15) is 0 Å². The molecule has 0 aliphatic carbocycles. The first-order valence-corrected chi connectivity index (χ1v) is 8.91. The number of thioether (sulfide) groups is 1. The second-order valence-corrected chi connectivity index (χ2v) is 7.60. The highest BCUT2D eigenvalue weighted by Crippen LogP contribution is 2.41. The van der Waals surface area contributed by atoms with Crippen LogP contribution in [-0.2, 0) is 0 Å². The molecule has 21 heavy (non-hydrogen) atoms. The molecule has 1 heterocycles. The van der Waals surface area contributed by atoms with Gasteiger partial charge in [0.05, 0.1) is 16.8 Å². The molecule has 0 radical (unpaired) electrons. The molecule has 0 spiro atoms. The monoisotopic (exact) mass is 405 g/mol. The zero-order chi connectivity index (χ0) is 15.0. The molecule has 2 aromatic rings. The zero-order valence-corrected chi connectivity index (χ0v) is 14.7. The molecule has 0 amide bonds. The van der Waals surface area contributed by atoms with Crippen LogP contribution in [0.5, 0.6) is 0 Å². The summed E-state index contributed by atoms with van der Waals surface area (Å²) in [6.45, 7) is 0. The maximum atomic E-state index is 13.3. The van der Waals surface area contributed by atoms with Crippen molar-refractivity contribution in [1.29, 1.82) is 0 Å². The molecule has 3 rings (SSSR count). The van der Waals surface area contributed by atoms with E-state index in [1.165, 1.54) is 17.0 Å². The third-order valence-electron chi connectivity index (χ3n) is 3.34. The summed E-state index contributed by atoms with van der Waals surface area (Å²) in [4.78, 5) is 1.22. The van der Waals surface area contributed by atoms with Gasteiger partial charge in [-0.25, -0.2) is 4.39 Å². The van der Waals surface area contributed by atoms with Crippen LogP contribution < -0.4 is 5.32 Å². The van der Waals surface area contributed by atoms with Crippen molar-refractivity contribution in [3.63, 3.8) is 0 Å². The largest absolute Gasteiger partial charge is 0.376 e. The van der Waals surface area contributed by atoms with E-state index in [0.29, 0.717) is 20.2 Å². The molecule has 0 saturated carbocycles. The van der Waals surface area contributed by atoms with Crippen molar-refractivity contribution in [2.24, 2.45) is 0 Å². The molecule has 1 unspecified atom stereocenters. The van der Waals surface area contributed by atoms with E-state index in [-0.39, 0.29) is 11.9 Å². The van der Waals surface area contributed by atoms with Crippen LogP contribution >= 0.6 is 50.9 Å². The van der Waals surface area contributed by atoms with Crippen molar-refractivity contribution in [1.82, 2.24) is 0 Å². The fourth-order valence-electron chi connectivity index (χ4n) is 2.37. The average Bonchev–Trinajstić information content (AvgIpc) is 2.43. The molecular formula is C15H11BrCl2FNS. The van der Waals surface area contributed by atoms with Gasteiger partial charge in [0.1, 0.15) is 5.82 Å². The number of hydrogen-bond acceptors (Lipinski definition) is 2. The van der Waals surface area contributed by atoms with E-state index in [1.807, 2.05) is 30.0 Å². The molecule has 110 valence electrons. The van der Waals surface area contributed by atoms with E-state index in [1.54, 1.807) is 0 Å². The molecule has 0 fully saturated rings. The lowest BCUT2D eigenvalue weighted by Gasteiger charge is -2.28. The predicted molar refractivity (Wildman–Crippen MR) is 92.3 cm³/mol. The lowest BCUT2D eigenvalue weighted by atomic mass is 10.0. The number of halogens is 4. The summed E-state index contributed by atoms with van der Waals surface area (Å²) in [7, 11) is 0. The normalized spacial score (nSPS) is 17.4. The molecule has 0 bridgehead atoms. The van der Waals surface area contributed by atoms with Gasteiger partial charge in [0.2, 0.25) is 0 Å². The van der Waals surface area contributed by atoms with E-state index in [9.17, 15) is 4.39 Å². The zero-order valence-electron chi connectivity index (χ0n) is 10.8. The van der Waals surface area contributed by atoms with Crippen molar-refractivity contribution in [3.05, 3.63) is 56.2 Å². The first-order chi connectivity index (χ1) is 10.0. The summed E-state index contributed by atoms with van der Waals surface area (Å²) in [6.07, 6.45) is 0.957. The quantitative estimate of drug-likeness (QED) is 0.607. The van der Waals surface area contributed by atoms with Crippen molar-refractivity contribution >= 4 is 56.6 Å². The highest BCUT2D eigenvalue weighted by molar-refractivity contribution is 9.10. The Labute approximate surface area is 145 Å². The number of benzene rings is 2. The van der Waals surface area contributed by atoms with Gasteiger partial charge < -0.3 is 5.32 Å². The molecule has 0 saturated heterocycles. The molecule has 1 aliphatic rings. The Balaban J connectivity index is 1.96. The van der Waals surface area contributed by atoms with Gasteiger partial charge in [0, 0.05) is 20.1 Å². The highest BCUT2D eigenvalue weighted by Gasteiger charge is 2.22. The topological polar surface area (TPSA) is 12.0 Å². The number of anilines is 1. The third kappa shape index (κ3) is 3.34. The molecular weight excluding hydrogens is 396 g/mol. The van der Waals surface area contributed by atoms with Gasteiger partial charge in [-0.05, 0) is 58.2 Å². The molecule has 1 N–H and O–H groups in total. The standard InChI is InChI=1S/C15H11BrCl2FNS/c16-11-6-9(19)7-12(18)15(11)20-13-3-4-21-14-2-1-8(17)5-10(13)14/h1-2,5-7,13,20H,3-4H2. The van der Waals surface area contributed by atoms with Crippen LogP contribution in [0.2, 0.25) is 10.0 Å². The number of fused-ring (bicyclic) bond motifs is 1. The first kappa shape index (κ1) is 15.5. The van der Waals surface area contributed by atoms with Gasteiger partial charge >= 0.3 is 0 Å². The third-order valence-corrected chi connectivity index (χ3v) is 5.62. The van der Waals surface area contributed by atoms with Crippen molar-refractivity contribution in [2.45, 2.75) is 17.4 Å². The van der Waals surface area contributed by atoms with Gasteiger partial charge in [0.15, 0.2) is 0 Å². The summed E-state index contributed by atoms with van der Waals surface area (Å²) in [5.41, 5.74) is 1.87. The Morgan fingerprint density at radius 1 is 1.24 bits per heavy atom. The summed E-state index contributed by atoms with van der Waals surface area (Å²) in [5.74, 6) is 0.656. The van der Waals surface area contributed by atoms with Crippen LogP contribution in [0.1, 0.15) is 18.0 Å². The average molecular weight is 407 g/mol. The van der Waals surface area contributed by atoms with Crippen molar-refractivity contribution in [3.8, 4) is 0 Å². The summed E-state index contributed by atoms with van der Waals surface area (Å²) in [6, 6.07) is 8.75. The molecule has 2 aromatic carbocycles. The summed E-state index contributed by atoms with van der Waals surface area (Å²) in [5, 5.41) is 4.49. The van der Waals surface area contributed by atoms with Crippen molar-refractivity contribution in [2.75, 3.05) is 11.1 Å². The van der Waals surface area contributed by atoms with Crippen LogP contribution in [0.25, 0.3) is 0 Å². The Morgan fingerprint density at radius 2 is 2.05 bits per heavy atom. The second kappa shape index (κ2) is 6.37. The highest BCUT2D eigenvalue weighted by atomic mass is 79.9. The number of nitrogens with one attached hydrogen (secondary N) is 1. The fourth-order valence-corrected chi connectivity index (χ4v) is 4.58. The maximum Gasteiger partial charge on any atom is 0.125 e. The summed E-state index contributed by atoms with van der Waals surface area (Å²) < 4.78 is 13.9. The SMILES string of the molecule is Fc1cc(Cl)c(NC2CCSc3ccc(Cl)cc32)c(Br)c1. The Bertz CT molecular complexity index is 672. The van der Waals surface area contributed by atoms with Crippen LogP contribution in [0.15, 0.2) is 39.7 Å². The van der Waals surface area contributed by atoms with Crippen LogP contribution in [0, 0.1) is 5.82 Å². The predicted octanol–water partition coefficient (Wildman–Crippen LogP) is 6.54. The lowest BCUT2D eigenvalue weighted by Crippen LogP contribution is -2.16. The van der Waals surface area contributed by atoms with Gasteiger partial charge in [-0.3, -0.25) is 0 Å². The smallest absolute Gasteiger partial charge is 0.125 e. The van der Waals surface area contributed by atoms with Crippen LogP contribution in [-0.4, -0.2) is 5.75 Å². The van der Waals surface area contributed by atoms with E-state index in [0.717, 1.165) is 17.7 Å². The van der Waals surface area contributed by atoms with Gasteiger partial charge in [-0.15, -0.1) is 11.8 Å². The fraction of sp³-hybridized carbons (Fsp3) is 0.200. The van der Waals surface area contributed by atoms with E-state index < -0.39 is 0 Å². The minimum Gasteiger partial charge on any atom is -0.376 e. The molecule has 1 atom stereocenters. The summed E-state index contributed by atoms with van der Waals surface area (Å²) >= 11 is 17.4. The van der Waals surface area contributed by atoms with Crippen LogP contribution in [0.3, 0.4) is 0 Å². The molecule has 1 aliphatic heterocycles. The van der Waals surface area contributed by atoms with Crippen molar-refractivity contribution < 1.29 is 4.39 Å². The Morgan fingerprint density at radius 3 is 2.81 bits per heavy atom. The number of rotatable bonds is 2. The maximum absolute atomic E-state index is 13.3. The first-order valence-electron chi connectivity index (χ1n) is 6.38. The minimum absolute atomic E-state index is 0.110.